The number of nitrogens with two attached hydrogens (primary N) is 1. The molecule has 0 amide bonds. The van der Waals surface area contributed by atoms with Crippen molar-refractivity contribution in [1.29, 1.82) is 0 Å². The van der Waals surface area contributed by atoms with E-state index < -0.39 is 57.9 Å². The lowest BCUT2D eigenvalue weighted by Crippen LogP contribution is -2.22. The number of hydrogen-bond acceptors (Lipinski definition) is 12. The number of para-hydroxylation sites is 1. The number of hydrogen-bond donors (Lipinski definition) is 9. The van der Waals surface area contributed by atoms with Crippen molar-refractivity contribution in [1.82, 2.24) is 4.98 Å². The zero-order valence-corrected chi connectivity index (χ0v) is 36.4. The number of halogens is 1. The lowest BCUT2D eigenvalue weighted by molar-refractivity contribution is -0.132. The average Bonchev–Trinajstić information content (AvgIpc) is 3.58. The highest BCUT2D eigenvalue weighted by Gasteiger charge is 2.25. The van der Waals surface area contributed by atoms with E-state index >= 15 is 0 Å². The van der Waals surface area contributed by atoms with Crippen LogP contribution in [0.3, 0.4) is 0 Å². The number of aromatic hydroxyl groups is 2. The van der Waals surface area contributed by atoms with Crippen molar-refractivity contribution >= 4 is 64.4 Å². The first-order chi connectivity index (χ1) is 28.9. The minimum atomic E-state index is -4.49. The quantitative estimate of drug-likeness (QED) is 0.0132. The third-order valence-electron chi connectivity index (χ3n) is 7.61. The molecule has 5 aromatic rings. The number of rotatable bonds is 14. The minimum absolute atomic E-state index is 0.161. The van der Waals surface area contributed by atoms with E-state index in [2.05, 4.69) is 4.98 Å². The molecule has 0 saturated carbocycles. The first-order valence-electron chi connectivity index (χ1n) is 18.3. The fraction of sp³-hybridized carbons (Fsp3) is 0.244. The predicted molar refractivity (Wildman–Crippen MR) is 231 cm³/mol. The number of aliphatic carboxylic acids is 1. The van der Waals surface area contributed by atoms with Crippen molar-refractivity contribution < 1.29 is 76.0 Å². The van der Waals surface area contributed by atoms with E-state index in [1.165, 1.54) is 36.9 Å². The Labute approximate surface area is 360 Å². The number of carboxylic acids is 2. The Hall–Kier alpha value is -5.73. The Kier molecular flexibility index (Phi) is 20.8. The first kappa shape index (κ1) is 52.4. The predicted octanol–water partition coefficient (Wildman–Crippen LogP) is 7.29. The van der Waals surface area contributed by atoms with Gasteiger partial charge in [-0.05, 0) is 65.9 Å². The van der Waals surface area contributed by atoms with Crippen molar-refractivity contribution in [3.05, 3.63) is 114 Å². The maximum absolute atomic E-state index is 13.1. The summed E-state index contributed by atoms with van der Waals surface area (Å²) in [6.07, 6.45) is 5.17. The van der Waals surface area contributed by atoms with Gasteiger partial charge in [-0.25, -0.2) is 14.0 Å². The van der Waals surface area contributed by atoms with Gasteiger partial charge >= 0.3 is 25.5 Å². The molecule has 1 atom stereocenters. The molecule has 336 valence electrons. The highest BCUT2D eigenvalue weighted by atomic mass is 32.2. The number of benzene rings is 4. The van der Waals surface area contributed by atoms with Crippen LogP contribution in [-0.2, 0) is 30.7 Å². The smallest absolute Gasteiger partial charge is 0.342 e. The van der Waals surface area contributed by atoms with Gasteiger partial charge in [-0.15, -0.1) is 11.8 Å². The normalized spacial score (nSPS) is 11.6. The van der Waals surface area contributed by atoms with Crippen LogP contribution >= 0.6 is 19.4 Å². The molecule has 1 unspecified atom stereocenters. The van der Waals surface area contributed by atoms with Gasteiger partial charge in [-0.3, -0.25) is 13.9 Å². The zero-order valence-electron chi connectivity index (χ0n) is 33.8. The third kappa shape index (κ3) is 18.5. The molecule has 0 fully saturated rings. The summed E-state index contributed by atoms with van der Waals surface area (Å²) in [7, 11) is -8.70. The van der Waals surface area contributed by atoms with E-state index in [-0.39, 0.29) is 17.7 Å². The van der Waals surface area contributed by atoms with Gasteiger partial charge in [0.05, 0.1) is 17.1 Å². The Morgan fingerprint density at radius 3 is 2.19 bits per heavy atom. The lowest BCUT2D eigenvalue weighted by Gasteiger charge is -2.12. The molecule has 1 heterocycles. The van der Waals surface area contributed by atoms with E-state index in [0.717, 1.165) is 47.2 Å². The van der Waals surface area contributed by atoms with Crippen molar-refractivity contribution in [3.63, 3.8) is 0 Å². The van der Waals surface area contributed by atoms with Gasteiger partial charge in [0, 0.05) is 54.4 Å². The number of carbonyl (C=O) groups excluding carboxylic acids is 1. The molecule has 5 rings (SSSR count). The monoisotopic (exact) mass is 922 g/mol. The Balaban J connectivity index is 0.000000285. The van der Waals surface area contributed by atoms with E-state index in [9.17, 15) is 42.0 Å². The molecular formula is C41H48FN2O15PS2. The number of aromatic amines is 1. The van der Waals surface area contributed by atoms with Gasteiger partial charge in [0.15, 0.2) is 0 Å². The maximum atomic E-state index is 13.1. The average molecular weight is 923 g/mol. The number of H-pyrrole nitrogens is 1. The van der Waals surface area contributed by atoms with Gasteiger partial charge in [0.2, 0.25) is 0 Å². The van der Waals surface area contributed by atoms with Crippen LogP contribution in [0.4, 0.5) is 4.39 Å². The van der Waals surface area contributed by atoms with Crippen LogP contribution in [-0.4, -0.2) is 84.2 Å². The number of nitrogens with one attached hydrogen (secondary N) is 1. The van der Waals surface area contributed by atoms with E-state index in [0.29, 0.717) is 40.2 Å². The molecule has 62 heavy (non-hydrogen) atoms. The molecule has 0 radical (unpaired) electrons. The number of phenols is 2. The molecule has 1 aromatic heterocycles. The number of phenolic OH excluding ortho intramolecular Hbond substituents is 2. The molecule has 4 aromatic carbocycles. The first-order valence-corrected chi connectivity index (χ1v) is 22.4. The van der Waals surface area contributed by atoms with Gasteiger partial charge in [0.1, 0.15) is 39.5 Å². The Morgan fingerprint density at radius 1 is 0.952 bits per heavy atom. The molecule has 0 saturated heterocycles. The summed E-state index contributed by atoms with van der Waals surface area (Å²) < 4.78 is 64.8. The molecule has 17 nitrogen and oxygen atoms in total. The number of ether oxygens (including phenoxy) is 2. The van der Waals surface area contributed by atoms with Crippen molar-refractivity contribution in [2.45, 2.75) is 56.1 Å². The molecule has 0 aliphatic carbocycles. The number of aromatic carboxylic acids is 1. The van der Waals surface area contributed by atoms with Gasteiger partial charge in [-0.1, -0.05) is 51.1 Å². The van der Waals surface area contributed by atoms with Crippen LogP contribution < -0.4 is 15.2 Å². The lowest BCUT2D eigenvalue weighted by atomic mass is 10.1. The molecule has 0 spiro atoms. The van der Waals surface area contributed by atoms with Crippen LogP contribution in [0.2, 0.25) is 0 Å². The Bertz CT molecular complexity index is 2490. The number of aromatic nitrogens is 1. The second kappa shape index (κ2) is 24.6. The number of carboxylic acid groups (broad SMARTS) is 2. The van der Waals surface area contributed by atoms with Crippen LogP contribution in [0.25, 0.3) is 17.0 Å². The van der Waals surface area contributed by atoms with Crippen LogP contribution in [0.1, 0.15) is 55.6 Å². The van der Waals surface area contributed by atoms with Crippen molar-refractivity contribution in [3.8, 4) is 23.0 Å². The highest BCUT2D eigenvalue weighted by Crippen LogP contribution is 2.40. The highest BCUT2D eigenvalue weighted by molar-refractivity contribution is 7.99. The van der Waals surface area contributed by atoms with Crippen molar-refractivity contribution in [2.75, 3.05) is 12.4 Å². The standard InChI is InChI=1S/C11H10O4.C10H11FO3.C10H13N2O3P.C10H14O5S2/c1-8(12)15-10-4-2-3-9(7-10)5-6-11(13)14;1-2-5-14-7-3-4-8(10(12)13)9(11)6-7;11-10(16(13,14)15)5-7-6-12-9-4-2-1-3-8(7)9;1-6(2)5-16-9-4-10(17(13,14)15)8(12)3-7(9)11/h2-7H,1H3,(H,13,14);3-4,6H,2,5H2,1H3,(H,12,13);1-4,6,10,12H,5,11H2,(H2,13,14,15);3-4,6,11-12H,5H2,1-2H3,(H,13,14,15). The van der Waals surface area contributed by atoms with Gasteiger partial charge in [-0.2, -0.15) is 8.42 Å². The van der Waals surface area contributed by atoms with Crippen LogP contribution in [0.5, 0.6) is 23.0 Å². The van der Waals surface area contributed by atoms with E-state index in [1.807, 2.05) is 45.0 Å². The van der Waals surface area contributed by atoms with E-state index in [1.54, 1.807) is 30.5 Å². The summed E-state index contributed by atoms with van der Waals surface area (Å²) in [5.74, 6) is -3.70. The fourth-order valence-electron chi connectivity index (χ4n) is 4.76. The topological polar surface area (TPSA) is 304 Å². The molecule has 0 aliphatic heterocycles. The molecule has 0 aliphatic rings. The summed E-state index contributed by atoms with van der Waals surface area (Å²) in [6, 6.07) is 19.9. The summed E-state index contributed by atoms with van der Waals surface area (Å²) in [5, 5.41) is 36.8. The second-order valence-corrected chi connectivity index (χ2v) is 17.6. The van der Waals surface area contributed by atoms with Gasteiger partial charge in [0.25, 0.3) is 10.1 Å². The number of carbonyl (C=O) groups is 3. The van der Waals surface area contributed by atoms with Crippen LogP contribution in [0, 0.1) is 11.7 Å². The molecular weight excluding hydrogens is 875 g/mol. The number of fused-ring (bicyclic) bond motifs is 1. The summed E-state index contributed by atoms with van der Waals surface area (Å²) in [6.45, 7) is 7.69. The van der Waals surface area contributed by atoms with Gasteiger partial charge < -0.3 is 50.4 Å². The largest absolute Gasteiger partial charge is 0.507 e. The second-order valence-electron chi connectivity index (χ2n) is 13.3. The van der Waals surface area contributed by atoms with E-state index in [4.69, 9.17) is 39.8 Å². The number of thioether (sulfide) groups is 1. The SMILES string of the molecule is CC(=O)Oc1cccc(C=CC(=O)O)c1.CC(C)CSc1cc(S(=O)(=O)O)c(O)cc1O.CCCOc1ccc(C(=O)O)c(F)c1.NC(Cc1c[nH]c2ccccc12)P(=O)(O)O. The summed E-state index contributed by atoms with van der Waals surface area (Å²) >= 11 is 1.26. The van der Waals surface area contributed by atoms with Crippen molar-refractivity contribution in [2.24, 2.45) is 11.7 Å². The third-order valence-corrected chi connectivity index (χ3v) is 11.0. The summed E-state index contributed by atoms with van der Waals surface area (Å²) in [4.78, 5) is 52.0. The maximum Gasteiger partial charge on any atom is 0.342 e. The Morgan fingerprint density at radius 2 is 1.63 bits per heavy atom. The fourth-order valence-corrected chi connectivity index (χ4v) is 6.78. The van der Waals surface area contributed by atoms with Crippen LogP contribution in [0.15, 0.2) is 101 Å². The summed E-state index contributed by atoms with van der Waals surface area (Å²) in [5.41, 5.74) is 7.55. The zero-order chi connectivity index (χ0) is 46.8. The minimum Gasteiger partial charge on any atom is -0.507 e. The molecule has 21 heteroatoms. The number of esters is 1. The molecule has 0 bridgehead atoms. The molecule has 10 N–H and O–H groups in total.